The normalized spacial score (nSPS) is 21.8. The molecule has 1 fully saturated rings. The van der Waals surface area contributed by atoms with Gasteiger partial charge in [-0.05, 0) is 19.3 Å². The van der Waals surface area contributed by atoms with Crippen LogP contribution in [0.3, 0.4) is 0 Å². The third kappa shape index (κ3) is 2.86. The Balaban J connectivity index is 2.03. The summed E-state index contributed by atoms with van der Waals surface area (Å²) in [5, 5.41) is 16.3. The number of likely N-dealkylation sites (tertiary alicyclic amines) is 1. The van der Waals surface area contributed by atoms with E-state index in [0.717, 1.165) is 6.54 Å². The van der Waals surface area contributed by atoms with Crippen molar-refractivity contribution in [1.82, 2.24) is 14.7 Å². The van der Waals surface area contributed by atoms with Gasteiger partial charge in [0.2, 0.25) is 0 Å². The van der Waals surface area contributed by atoms with Crippen LogP contribution in [-0.2, 0) is 11.3 Å². The van der Waals surface area contributed by atoms with Crippen LogP contribution in [0.1, 0.15) is 27.2 Å². The molecular formula is C14H22N4O3. The summed E-state index contributed by atoms with van der Waals surface area (Å²) in [7, 11) is 0. The molecule has 1 aliphatic heterocycles. The molecule has 1 saturated heterocycles. The highest BCUT2D eigenvalue weighted by Gasteiger charge is 2.48. The van der Waals surface area contributed by atoms with Crippen molar-refractivity contribution >= 4 is 17.7 Å². The Labute approximate surface area is 123 Å². The third-order valence-electron chi connectivity index (χ3n) is 4.33. The topological polar surface area (TPSA) is 87.5 Å². The number of nitrogens with zero attached hydrogens (tertiary/aromatic N) is 3. The maximum Gasteiger partial charge on any atom is 0.321 e. The van der Waals surface area contributed by atoms with E-state index in [1.54, 1.807) is 22.0 Å². The predicted molar refractivity (Wildman–Crippen MR) is 78.0 cm³/mol. The summed E-state index contributed by atoms with van der Waals surface area (Å²) < 4.78 is 1.72. The van der Waals surface area contributed by atoms with Crippen LogP contribution in [0.25, 0.3) is 0 Å². The van der Waals surface area contributed by atoms with Crippen molar-refractivity contribution in [3.63, 3.8) is 0 Å². The molecule has 116 valence electrons. The molecule has 0 spiro atoms. The first-order chi connectivity index (χ1) is 9.89. The number of carbonyl (C=O) groups is 2. The average molecular weight is 294 g/mol. The first-order valence-electron chi connectivity index (χ1n) is 7.21. The van der Waals surface area contributed by atoms with Crippen LogP contribution in [-0.4, -0.2) is 44.9 Å². The number of carbonyl (C=O) groups excluding carboxylic acids is 1. The molecule has 2 N–H and O–H groups in total. The average Bonchev–Trinajstić information content (AvgIpc) is 3.05. The Morgan fingerprint density at radius 3 is 2.71 bits per heavy atom. The van der Waals surface area contributed by atoms with E-state index in [1.165, 1.54) is 0 Å². The largest absolute Gasteiger partial charge is 0.481 e. The van der Waals surface area contributed by atoms with E-state index in [2.05, 4.69) is 10.4 Å². The number of rotatable bonds is 4. The summed E-state index contributed by atoms with van der Waals surface area (Å²) >= 11 is 0. The molecule has 0 bridgehead atoms. The van der Waals surface area contributed by atoms with Crippen LogP contribution in [0, 0.1) is 11.3 Å². The lowest BCUT2D eigenvalue weighted by Crippen LogP contribution is -2.41. The Kier molecular flexibility index (Phi) is 4.20. The van der Waals surface area contributed by atoms with Crippen molar-refractivity contribution in [2.45, 2.75) is 33.7 Å². The van der Waals surface area contributed by atoms with Gasteiger partial charge in [-0.25, -0.2) is 4.79 Å². The molecule has 7 heteroatoms. The number of urea groups is 1. The van der Waals surface area contributed by atoms with Gasteiger partial charge in [-0.15, -0.1) is 0 Å². The van der Waals surface area contributed by atoms with Gasteiger partial charge in [0.25, 0.3) is 0 Å². The second-order valence-electron chi connectivity index (χ2n) is 5.80. The fourth-order valence-corrected chi connectivity index (χ4v) is 2.70. The Morgan fingerprint density at radius 1 is 1.52 bits per heavy atom. The van der Waals surface area contributed by atoms with Gasteiger partial charge < -0.3 is 15.3 Å². The summed E-state index contributed by atoms with van der Waals surface area (Å²) in [6.45, 7) is 7.17. The molecule has 0 radical (unpaired) electrons. The number of nitrogens with one attached hydrogen (secondary N) is 1. The third-order valence-corrected chi connectivity index (χ3v) is 4.33. The van der Waals surface area contributed by atoms with Crippen LogP contribution in [0.4, 0.5) is 10.5 Å². The van der Waals surface area contributed by atoms with Gasteiger partial charge in [0.1, 0.15) is 0 Å². The number of aliphatic carboxylic acids is 1. The summed E-state index contributed by atoms with van der Waals surface area (Å²) in [5.41, 5.74) is -0.218. The smallest absolute Gasteiger partial charge is 0.321 e. The molecule has 0 aliphatic carbocycles. The van der Waals surface area contributed by atoms with Crippen LogP contribution in [0.2, 0.25) is 0 Å². The van der Waals surface area contributed by atoms with Crippen molar-refractivity contribution in [3.05, 3.63) is 12.4 Å². The summed E-state index contributed by atoms with van der Waals surface area (Å²) in [4.78, 5) is 25.4. The SMILES string of the molecule is CCn1cc(NC(=O)N2CCC(C(=O)O)(C(C)C)C2)cn1. The van der Waals surface area contributed by atoms with Crippen LogP contribution in [0.15, 0.2) is 12.4 Å². The van der Waals surface area contributed by atoms with Crippen molar-refractivity contribution in [2.75, 3.05) is 18.4 Å². The molecule has 2 heterocycles. The van der Waals surface area contributed by atoms with Crippen molar-refractivity contribution in [3.8, 4) is 0 Å². The van der Waals surface area contributed by atoms with Crippen LogP contribution in [0.5, 0.6) is 0 Å². The lowest BCUT2D eigenvalue weighted by molar-refractivity contribution is -0.150. The number of carboxylic acid groups (broad SMARTS) is 1. The molecule has 1 aromatic rings. The molecule has 2 rings (SSSR count). The lowest BCUT2D eigenvalue weighted by atomic mass is 9.76. The van der Waals surface area contributed by atoms with Gasteiger partial charge in [-0.1, -0.05) is 13.8 Å². The molecule has 7 nitrogen and oxygen atoms in total. The molecule has 21 heavy (non-hydrogen) atoms. The molecule has 0 aromatic carbocycles. The predicted octanol–water partition coefficient (Wildman–Crippen LogP) is 1.87. The molecule has 1 atom stereocenters. The fraction of sp³-hybridized carbons (Fsp3) is 0.643. The van der Waals surface area contributed by atoms with Crippen molar-refractivity contribution < 1.29 is 14.7 Å². The zero-order valence-electron chi connectivity index (χ0n) is 12.7. The van der Waals surface area contributed by atoms with E-state index in [4.69, 9.17) is 0 Å². The highest BCUT2D eigenvalue weighted by atomic mass is 16.4. The van der Waals surface area contributed by atoms with E-state index in [0.29, 0.717) is 18.7 Å². The van der Waals surface area contributed by atoms with Gasteiger partial charge in [-0.2, -0.15) is 5.10 Å². The number of hydrogen-bond acceptors (Lipinski definition) is 3. The standard InChI is InChI=1S/C14H22N4O3/c1-4-18-8-11(7-15-18)16-13(21)17-6-5-14(9-17,10(2)3)12(19)20/h7-8,10H,4-6,9H2,1-3H3,(H,16,21)(H,19,20). The Hall–Kier alpha value is -2.05. The zero-order valence-corrected chi connectivity index (χ0v) is 12.7. The highest BCUT2D eigenvalue weighted by Crippen LogP contribution is 2.38. The molecular weight excluding hydrogens is 272 g/mol. The van der Waals surface area contributed by atoms with E-state index in [1.807, 2.05) is 20.8 Å². The number of aromatic nitrogens is 2. The van der Waals surface area contributed by atoms with Crippen LogP contribution < -0.4 is 5.32 Å². The minimum atomic E-state index is -0.842. The second-order valence-corrected chi connectivity index (χ2v) is 5.80. The van der Waals surface area contributed by atoms with Crippen LogP contribution >= 0.6 is 0 Å². The quantitative estimate of drug-likeness (QED) is 0.887. The maximum absolute atomic E-state index is 12.2. The first-order valence-corrected chi connectivity index (χ1v) is 7.21. The van der Waals surface area contributed by atoms with E-state index < -0.39 is 11.4 Å². The zero-order chi connectivity index (χ0) is 15.6. The fourth-order valence-electron chi connectivity index (χ4n) is 2.70. The van der Waals surface area contributed by atoms with Gasteiger partial charge in [0, 0.05) is 25.8 Å². The van der Waals surface area contributed by atoms with Crippen molar-refractivity contribution in [1.29, 1.82) is 0 Å². The molecule has 1 aliphatic rings. The minimum Gasteiger partial charge on any atom is -0.481 e. The number of carboxylic acids is 1. The number of hydrogen-bond donors (Lipinski definition) is 2. The monoisotopic (exact) mass is 294 g/mol. The van der Waals surface area contributed by atoms with Gasteiger partial charge in [-0.3, -0.25) is 9.48 Å². The minimum absolute atomic E-state index is 0.0179. The second kappa shape index (κ2) is 5.75. The number of amides is 2. The highest BCUT2D eigenvalue weighted by molar-refractivity contribution is 5.90. The van der Waals surface area contributed by atoms with Gasteiger partial charge >= 0.3 is 12.0 Å². The van der Waals surface area contributed by atoms with E-state index in [9.17, 15) is 14.7 Å². The number of aryl methyl sites for hydroxylation is 1. The van der Waals surface area contributed by atoms with Gasteiger partial charge in [0.05, 0.1) is 17.3 Å². The molecule has 2 amide bonds. The first kappa shape index (κ1) is 15.3. The Morgan fingerprint density at radius 2 is 2.24 bits per heavy atom. The van der Waals surface area contributed by atoms with Crippen molar-refractivity contribution in [2.24, 2.45) is 11.3 Å². The summed E-state index contributed by atoms with van der Waals surface area (Å²) in [6.07, 6.45) is 3.83. The van der Waals surface area contributed by atoms with E-state index in [-0.39, 0.29) is 18.5 Å². The summed E-state index contributed by atoms with van der Waals surface area (Å²) in [6, 6.07) is -0.269. The lowest BCUT2D eigenvalue weighted by Gasteiger charge is -2.28. The van der Waals surface area contributed by atoms with Gasteiger partial charge in [0.15, 0.2) is 0 Å². The maximum atomic E-state index is 12.2. The molecule has 1 aromatic heterocycles. The Bertz CT molecular complexity index is 540. The molecule has 0 saturated carbocycles. The summed E-state index contributed by atoms with van der Waals surface area (Å²) in [5.74, 6) is -0.845. The van der Waals surface area contributed by atoms with E-state index >= 15 is 0 Å². The molecule has 1 unspecified atom stereocenters. The number of anilines is 1.